The number of benzene rings is 10. The van der Waals surface area contributed by atoms with Crippen LogP contribution in [0.1, 0.15) is 11.1 Å². The van der Waals surface area contributed by atoms with Crippen molar-refractivity contribution in [1.82, 2.24) is 9.13 Å². The molecule has 2 heterocycles. The molecule has 0 amide bonds. The summed E-state index contributed by atoms with van der Waals surface area (Å²) in [5.74, 6) is 0. The molecule has 0 atom stereocenters. The van der Waals surface area contributed by atoms with Gasteiger partial charge >= 0.3 is 0 Å². The van der Waals surface area contributed by atoms with Crippen LogP contribution in [0.15, 0.2) is 237 Å². The molecule has 0 saturated carbocycles. The highest BCUT2D eigenvalue weighted by Gasteiger charge is 2.20. The fraction of sp³-hybridized carbons (Fsp3) is 0.0159. The molecule has 0 spiro atoms. The van der Waals surface area contributed by atoms with Gasteiger partial charge in [-0.2, -0.15) is 10.5 Å². The molecule has 324 valence electrons. The summed E-state index contributed by atoms with van der Waals surface area (Å²) < 4.78 is 4.59. The zero-order valence-electron chi connectivity index (χ0n) is 37.7. The molecular weight excluding hydrogens is 841 g/mol. The first-order chi connectivity index (χ1) is 34.1. The number of hydrogen-bond acceptors (Lipinski definition) is 4. The number of para-hydroxylation sites is 5. The number of hydrogen-bond donors (Lipinski definition) is 0. The van der Waals surface area contributed by atoms with E-state index in [0.29, 0.717) is 11.1 Å². The highest BCUT2D eigenvalue weighted by Crippen LogP contribution is 2.41. The molecule has 0 N–H and O–H groups in total. The lowest BCUT2D eigenvalue weighted by Crippen LogP contribution is -2.09. The van der Waals surface area contributed by atoms with E-state index in [-0.39, 0.29) is 0 Å². The molecule has 12 rings (SSSR count). The van der Waals surface area contributed by atoms with Crippen LogP contribution < -0.4 is 9.80 Å². The number of anilines is 5. The molecule has 12 aromatic rings. The molecular formula is C63H42N6. The summed E-state index contributed by atoms with van der Waals surface area (Å²) in [5.41, 5.74) is 16.1. The minimum atomic E-state index is 0.505. The Morgan fingerprint density at radius 2 is 0.710 bits per heavy atom. The summed E-state index contributed by atoms with van der Waals surface area (Å²) in [5, 5.41) is 25.9. The Balaban J connectivity index is 0.877. The third kappa shape index (κ3) is 7.04. The standard InChI is InChI=1S/C63H42N6/c1-66(47-15-5-2-6-16-47)52-33-35-62-58(39-52)54-21-11-13-23-60(54)68(62)50-29-25-43(26-30-50)56-37-46(42-65)57(38-45(56)41-64)44-27-31-51(32-28-44)69-61-24-14-12-22-55(61)59-40-53(34-36-63(59)69)67(48-17-7-3-8-18-48)49-19-9-4-10-20-49/h2-40H,1H3. The Labute approximate surface area is 400 Å². The van der Waals surface area contributed by atoms with Gasteiger partial charge in [0, 0.05) is 79.5 Å². The van der Waals surface area contributed by atoms with Crippen molar-refractivity contribution in [2.45, 2.75) is 0 Å². The van der Waals surface area contributed by atoms with Crippen LogP contribution in [0.4, 0.5) is 28.4 Å². The minimum Gasteiger partial charge on any atom is -0.345 e. The second-order valence-electron chi connectivity index (χ2n) is 17.3. The third-order valence-electron chi connectivity index (χ3n) is 13.4. The van der Waals surface area contributed by atoms with Crippen molar-refractivity contribution in [3.63, 3.8) is 0 Å². The van der Waals surface area contributed by atoms with E-state index in [1.807, 2.05) is 30.3 Å². The molecule has 0 bridgehead atoms. The molecule has 10 aromatic carbocycles. The Hall–Kier alpha value is -9.62. The molecule has 0 fully saturated rings. The van der Waals surface area contributed by atoms with Gasteiger partial charge in [0.15, 0.2) is 0 Å². The van der Waals surface area contributed by atoms with Gasteiger partial charge in [0.25, 0.3) is 0 Å². The molecule has 0 aliphatic carbocycles. The zero-order valence-corrected chi connectivity index (χ0v) is 37.7. The second-order valence-corrected chi connectivity index (χ2v) is 17.3. The van der Waals surface area contributed by atoms with Gasteiger partial charge in [-0.1, -0.05) is 115 Å². The van der Waals surface area contributed by atoms with E-state index in [2.05, 4.69) is 244 Å². The van der Waals surface area contributed by atoms with E-state index in [4.69, 9.17) is 0 Å². The van der Waals surface area contributed by atoms with Crippen molar-refractivity contribution in [2.24, 2.45) is 0 Å². The first-order valence-corrected chi connectivity index (χ1v) is 23.0. The van der Waals surface area contributed by atoms with Crippen LogP contribution in [0.5, 0.6) is 0 Å². The van der Waals surface area contributed by atoms with Crippen molar-refractivity contribution in [1.29, 1.82) is 10.5 Å². The van der Waals surface area contributed by atoms with Crippen LogP contribution in [0, 0.1) is 22.7 Å². The molecule has 69 heavy (non-hydrogen) atoms. The number of rotatable bonds is 9. The highest BCUT2D eigenvalue weighted by atomic mass is 15.1. The molecule has 6 nitrogen and oxygen atoms in total. The highest BCUT2D eigenvalue weighted by molar-refractivity contribution is 6.12. The molecule has 0 unspecified atom stereocenters. The monoisotopic (exact) mass is 882 g/mol. The first-order valence-electron chi connectivity index (χ1n) is 23.0. The summed E-state index contributed by atoms with van der Waals surface area (Å²) in [6, 6.07) is 86.9. The van der Waals surface area contributed by atoms with Gasteiger partial charge in [-0.25, -0.2) is 0 Å². The predicted molar refractivity (Wildman–Crippen MR) is 285 cm³/mol. The Morgan fingerprint density at radius 3 is 1.16 bits per heavy atom. The van der Waals surface area contributed by atoms with Crippen LogP contribution in [0.3, 0.4) is 0 Å². The van der Waals surface area contributed by atoms with Gasteiger partial charge in [-0.3, -0.25) is 0 Å². The Bertz CT molecular complexity index is 3930. The Morgan fingerprint density at radius 1 is 0.333 bits per heavy atom. The lowest BCUT2D eigenvalue weighted by Gasteiger charge is -2.25. The van der Waals surface area contributed by atoms with E-state index >= 15 is 0 Å². The van der Waals surface area contributed by atoms with Crippen molar-refractivity contribution in [2.75, 3.05) is 16.8 Å². The maximum Gasteiger partial charge on any atom is 0.0998 e. The molecule has 0 radical (unpaired) electrons. The molecule has 0 saturated heterocycles. The molecule has 0 aliphatic rings. The van der Waals surface area contributed by atoms with Gasteiger partial charge in [0.05, 0.1) is 45.3 Å². The first kappa shape index (κ1) is 40.9. The van der Waals surface area contributed by atoms with Gasteiger partial charge in [0.2, 0.25) is 0 Å². The predicted octanol–water partition coefficient (Wildman–Crippen LogP) is 16.2. The van der Waals surface area contributed by atoms with E-state index in [9.17, 15) is 10.5 Å². The summed E-state index contributed by atoms with van der Waals surface area (Å²) >= 11 is 0. The fourth-order valence-corrected chi connectivity index (χ4v) is 10.1. The molecule has 2 aromatic heterocycles. The SMILES string of the molecule is CN(c1ccccc1)c1ccc2c(c1)c1ccccc1n2-c1ccc(-c2cc(C#N)c(-c3ccc(-n4c5ccccc5c5cc(N(c6ccccc6)c6ccccc6)ccc54)cc3)cc2C#N)cc1. The van der Waals surface area contributed by atoms with E-state index in [1.165, 1.54) is 10.8 Å². The second kappa shape index (κ2) is 17.0. The maximum absolute atomic E-state index is 10.6. The summed E-state index contributed by atoms with van der Waals surface area (Å²) in [4.78, 5) is 4.49. The quantitative estimate of drug-likeness (QED) is 0.145. The van der Waals surface area contributed by atoms with Crippen LogP contribution in [-0.4, -0.2) is 16.2 Å². The summed E-state index contributed by atoms with van der Waals surface area (Å²) in [6.07, 6.45) is 0. The van der Waals surface area contributed by atoms with E-state index < -0.39 is 0 Å². The summed E-state index contributed by atoms with van der Waals surface area (Å²) in [7, 11) is 2.10. The van der Waals surface area contributed by atoms with Crippen LogP contribution in [0.2, 0.25) is 0 Å². The van der Waals surface area contributed by atoms with Gasteiger partial charge in [-0.05, 0) is 132 Å². The molecule has 6 heteroatoms. The van der Waals surface area contributed by atoms with Gasteiger partial charge < -0.3 is 18.9 Å². The molecule has 0 aliphatic heterocycles. The van der Waals surface area contributed by atoms with Crippen molar-refractivity contribution in [3.8, 4) is 45.8 Å². The van der Waals surface area contributed by atoms with Crippen molar-refractivity contribution >= 4 is 72.0 Å². The fourth-order valence-electron chi connectivity index (χ4n) is 10.1. The topological polar surface area (TPSA) is 63.9 Å². The minimum absolute atomic E-state index is 0.505. The Kier molecular flexibility index (Phi) is 10.1. The van der Waals surface area contributed by atoms with Crippen molar-refractivity contribution < 1.29 is 0 Å². The van der Waals surface area contributed by atoms with Crippen molar-refractivity contribution in [3.05, 3.63) is 248 Å². The average molecular weight is 883 g/mol. The zero-order chi connectivity index (χ0) is 46.4. The van der Waals surface area contributed by atoms with Gasteiger partial charge in [0.1, 0.15) is 0 Å². The van der Waals surface area contributed by atoms with E-state index in [0.717, 1.165) is 94.9 Å². The lowest BCUT2D eigenvalue weighted by atomic mass is 9.91. The average Bonchev–Trinajstić information content (AvgIpc) is 3.93. The van der Waals surface area contributed by atoms with E-state index in [1.54, 1.807) is 0 Å². The van der Waals surface area contributed by atoms with Crippen LogP contribution in [-0.2, 0) is 0 Å². The number of nitrogens with zero attached hydrogens (tertiary/aromatic N) is 6. The van der Waals surface area contributed by atoms with Crippen LogP contribution in [0.25, 0.3) is 77.2 Å². The maximum atomic E-state index is 10.6. The summed E-state index contributed by atoms with van der Waals surface area (Å²) in [6.45, 7) is 0. The van der Waals surface area contributed by atoms with Crippen LogP contribution >= 0.6 is 0 Å². The lowest BCUT2D eigenvalue weighted by molar-refractivity contribution is 1.17. The van der Waals surface area contributed by atoms with Gasteiger partial charge in [-0.15, -0.1) is 0 Å². The largest absolute Gasteiger partial charge is 0.345 e. The normalized spacial score (nSPS) is 11.2. The smallest absolute Gasteiger partial charge is 0.0998 e. The number of fused-ring (bicyclic) bond motifs is 6. The third-order valence-corrected chi connectivity index (χ3v) is 13.4. The number of aromatic nitrogens is 2. The number of nitriles is 2.